The highest BCUT2D eigenvalue weighted by molar-refractivity contribution is 7.99. The second-order valence-electron chi connectivity index (χ2n) is 10.4. The van der Waals surface area contributed by atoms with E-state index in [4.69, 9.17) is 0 Å². The number of carbonyl (C=O) groups is 2. The van der Waals surface area contributed by atoms with Gasteiger partial charge in [0.1, 0.15) is 5.82 Å². The molecule has 0 bridgehead atoms. The molecule has 4 aromatic rings. The van der Waals surface area contributed by atoms with E-state index in [1.54, 1.807) is 21.6 Å². The van der Waals surface area contributed by atoms with Crippen molar-refractivity contribution in [3.05, 3.63) is 101 Å². The first-order valence-electron chi connectivity index (χ1n) is 12.8. The number of anilines is 1. The van der Waals surface area contributed by atoms with Crippen LogP contribution in [0.4, 0.5) is 10.1 Å². The first-order valence-corrected chi connectivity index (χ1v) is 13.8. The molecule has 0 aliphatic carbocycles. The quantitative estimate of drug-likeness (QED) is 0.320. The van der Waals surface area contributed by atoms with Crippen molar-refractivity contribution in [2.45, 2.75) is 44.3 Å². The van der Waals surface area contributed by atoms with Crippen LogP contribution in [0.15, 0.2) is 78.0 Å². The molecule has 7 nitrogen and oxygen atoms in total. The minimum Gasteiger partial charge on any atom is -0.345 e. The summed E-state index contributed by atoms with van der Waals surface area (Å²) in [5.41, 5.74) is 4.43. The predicted molar refractivity (Wildman–Crippen MR) is 151 cm³/mol. The van der Waals surface area contributed by atoms with Crippen LogP contribution in [-0.2, 0) is 23.2 Å². The third-order valence-corrected chi connectivity index (χ3v) is 7.63. The second-order valence-corrected chi connectivity index (χ2v) is 11.4. The maximum absolute atomic E-state index is 13.7. The van der Waals surface area contributed by atoms with E-state index in [9.17, 15) is 14.0 Å². The molecule has 1 aliphatic heterocycles. The van der Waals surface area contributed by atoms with E-state index in [1.807, 2.05) is 48.5 Å². The number of amides is 2. The van der Waals surface area contributed by atoms with Crippen LogP contribution in [-0.4, -0.2) is 38.9 Å². The van der Waals surface area contributed by atoms with Crippen LogP contribution >= 0.6 is 11.8 Å². The Labute approximate surface area is 231 Å². The van der Waals surface area contributed by atoms with Gasteiger partial charge in [0.05, 0.1) is 12.3 Å². The van der Waals surface area contributed by atoms with E-state index in [0.717, 1.165) is 23.2 Å². The van der Waals surface area contributed by atoms with Crippen molar-refractivity contribution in [3.8, 4) is 5.69 Å². The van der Waals surface area contributed by atoms with Crippen LogP contribution in [0.3, 0.4) is 0 Å². The zero-order valence-corrected chi connectivity index (χ0v) is 23.0. The van der Waals surface area contributed by atoms with Gasteiger partial charge in [0, 0.05) is 23.5 Å². The molecule has 9 heteroatoms. The summed E-state index contributed by atoms with van der Waals surface area (Å²) in [5, 5.41) is 12.0. The lowest BCUT2D eigenvalue weighted by Gasteiger charge is -2.19. The number of fused-ring (bicyclic) bond motifs is 1. The Morgan fingerprint density at radius 1 is 0.974 bits per heavy atom. The van der Waals surface area contributed by atoms with E-state index in [2.05, 4.69) is 36.3 Å². The molecule has 1 N–H and O–H groups in total. The summed E-state index contributed by atoms with van der Waals surface area (Å²) in [6, 6.07) is 21.4. The zero-order chi connectivity index (χ0) is 27.6. The van der Waals surface area contributed by atoms with Crippen LogP contribution in [0, 0.1) is 5.82 Å². The van der Waals surface area contributed by atoms with Gasteiger partial charge in [-0.05, 0) is 65.4 Å². The van der Waals surface area contributed by atoms with Gasteiger partial charge in [-0.3, -0.25) is 14.2 Å². The SMILES string of the molecule is CC(C)(C)c1ccc(C(=O)NCc2nnc(SCC(=O)N3CCc4ccccc43)n2-c2ccc(F)cc2)cc1. The third kappa shape index (κ3) is 5.88. The molecule has 0 fully saturated rings. The molecule has 0 radical (unpaired) electrons. The van der Waals surface area contributed by atoms with Crippen molar-refractivity contribution in [3.63, 3.8) is 0 Å². The van der Waals surface area contributed by atoms with E-state index < -0.39 is 0 Å². The summed E-state index contributed by atoms with van der Waals surface area (Å²) < 4.78 is 15.4. The molecule has 0 unspecified atom stereocenters. The van der Waals surface area contributed by atoms with Crippen molar-refractivity contribution < 1.29 is 14.0 Å². The Balaban J connectivity index is 1.32. The Morgan fingerprint density at radius 3 is 2.41 bits per heavy atom. The summed E-state index contributed by atoms with van der Waals surface area (Å²) >= 11 is 1.26. The Kier molecular flexibility index (Phi) is 7.52. The van der Waals surface area contributed by atoms with E-state index in [-0.39, 0.29) is 35.3 Å². The van der Waals surface area contributed by atoms with Crippen molar-refractivity contribution in [1.29, 1.82) is 0 Å². The maximum atomic E-state index is 13.7. The van der Waals surface area contributed by atoms with Crippen molar-refractivity contribution >= 4 is 29.3 Å². The van der Waals surface area contributed by atoms with E-state index in [1.165, 1.54) is 23.9 Å². The van der Waals surface area contributed by atoms with Crippen LogP contribution < -0.4 is 10.2 Å². The zero-order valence-electron chi connectivity index (χ0n) is 22.1. The van der Waals surface area contributed by atoms with Gasteiger partial charge in [-0.25, -0.2) is 4.39 Å². The summed E-state index contributed by atoms with van der Waals surface area (Å²) in [6.45, 7) is 7.13. The van der Waals surface area contributed by atoms with Crippen LogP contribution in [0.25, 0.3) is 5.69 Å². The molecular formula is C30H30FN5O2S. The van der Waals surface area contributed by atoms with E-state index >= 15 is 0 Å². The highest BCUT2D eigenvalue weighted by Gasteiger charge is 2.25. The van der Waals surface area contributed by atoms with Gasteiger partial charge in [-0.1, -0.05) is 62.9 Å². The van der Waals surface area contributed by atoms with Crippen LogP contribution in [0.5, 0.6) is 0 Å². The van der Waals surface area contributed by atoms with Gasteiger partial charge in [-0.15, -0.1) is 10.2 Å². The summed E-state index contributed by atoms with van der Waals surface area (Å²) in [5.74, 6) is 0.0220. The molecule has 39 heavy (non-hydrogen) atoms. The lowest BCUT2D eigenvalue weighted by atomic mass is 9.87. The van der Waals surface area contributed by atoms with Crippen molar-refractivity contribution in [1.82, 2.24) is 20.1 Å². The average Bonchev–Trinajstić information content (AvgIpc) is 3.55. The molecule has 2 amide bonds. The minimum atomic E-state index is -0.363. The molecule has 1 aromatic heterocycles. The molecule has 5 rings (SSSR count). The Hall–Kier alpha value is -3.98. The molecule has 1 aliphatic rings. The lowest BCUT2D eigenvalue weighted by Crippen LogP contribution is -2.30. The number of carbonyl (C=O) groups excluding carboxylic acids is 2. The molecule has 3 aromatic carbocycles. The number of thioether (sulfide) groups is 1. The van der Waals surface area contributed by atoms with Gasteiger partial charge in [0.2, 0.25) is 5.91 Å². The number of rotatable bonds is 7. The van der Waals surface area contributed by atoms with Crippen molar-refractivity contribution in [2.24, 2.45) is 0 Å². The number of nitrogens with zero attached hydrogens (tertiary/aromatic N) is 4. The maximum Gasteiger partial charge on any atom is 0.251 e. The number of para-hydroxylation sites is 1. The first-order chi connectivity index (χ1) is 18.7. The number of hydrogen-bond acceptors (Lipinski definition) is 5. The van der Waals surface area contributed by atoms with Gasteiger partial charge in [0.15, 0.2) is 11.0 Å². The Morgan fingerprint density at radius 2 is 1.69 bits per heavy atom. The molecule has 0 spiro atoms. The normalized spacial score (nSPS) is 12.9. The summed E-state index contributed by atoms with van der Waals surface area (Å²) in [7, 11) is 0. The standard InChI is InChI=1S/C30H30FN5O2S/c1-30(2,3)22-10-8-21(9-11-22)28(38)32-18-26-33-34-29(36(26)24-14-12-23(31)13-15-24)39-19-27(37)35-17-16-20-6-4-5-7-25(20)35/h4-15H,16-19H2,1-3H3,(H,32,38). The molecule has 0 atom stereocenters. The first kappa shape index (κ1) is 26.6. The highest BCUT2D eigenvalue weighted by Crippen LogP contribution is 2.29. The molecule has 0 saturated heterocycles. The minimum absolute atomic E-state index is 0.00576. The molecular weight excluding hydrogens is 513 g/mol. The van der Waals surface area contributed by atoms with Gasteiger partial charge in [-0.2, -0.15) is 0 Å². The Bertz CT molecular complexity index is 1490. The summed E-state index contributed by atoms with van der Waals surface area (Å²) in [4.78, 5) is 27.7. The second kappa shape index (κ2) is 11.0. The fourth-order valence-electron chi connectivity index (χ4n) is 4.54. The number of halogens is 1. The third-order valence-electron chi connectivity index (χ3n) is 6.72. The smallest absolute Gasteiger partial charge is 0.251 e. The van der Waals surface area contributed by atoms with Gasteiger partial charge in [0.25, 0.3) is 5.91 Å². The monoisotopic (exact) mass is 543 g/mol. The lowest BCUT2D eigenvalue weighted by molar-refractivity contribution is -0.116. The number of aromatic nitrogens is 3. The topological polar surface area (TPSA) is 80.1 Å². The van der Waals surface area contributed by atoms with Crippen LogP contribution in [0.2, 0.25) is 0 Å². The fraction of sp³-hybridized carbons (Fsp3) is 0.267. The predicted octanol–water partition coefficient (Wildman–Crippen LogP) is 5.32. The summed E-state index contributed by atoms with van der Waals surface area (Å²) in [6.07, 6.45) is 0.834. The number of benzene rings is 3. The number of hydrogen-bond donors (Lipinski definition) is 1. The largest absolute Gasteiger partial charge is 0.345 e. The fourth-order valence-corrected chi connectivity index (χ4v) is 5.39. The van der Waals surface area contributed by atoms with Crippen LogP contribution in [0.1, 0.15) is 48.1 Å². The highest BCUT2D eigenvalue weighted by atomic mass is 32.2. The average molecular weight is 544 g/mol. The van der Waals surface area contributed by atoms with Gasteiger partial charge < -0.3 is 10.2 Å². The number of nitrogens with one attached hydrogen (secondary N) is 1. The van der Waals surface area contributed by atoms with Gasteiger partial charge >= 0.3 is 0 Å². The van der Waals surface area contributed by atoms with E-state index in [0.29, 0.717) is 28.8 Å². The molecule has 0 saturated carbocycles. The van der Waals surface area contributed by atoms with Crippen molar-refractivity contribution in [2.75, 3.05) is 17.2 Å². The molecule has 2 heterocycles. The molecule has 200 valence electrons.